The molecule has 1 N–H and O–H groups in total. The second-order valence-electron chi connectivity index (χ2n) is 9.24. The summed E-state index contributed by atoms with van der Waals surface area (Å²) in [5.74, 6) is 4.09. The van der Waals surface area contributed by atoms with E-state index in [0.717, 1.165) is 67.4 Å². The van der Waals surface area contributed by atoms with Crippen LogP contribution < -0.4 is 19.5 Å². The molecule has 0 atom stereocenters. The van der Waals surface area contributed by atoms with Crippen LogP contribution >= 0.6 is 0 Å². The summed E-state index contributed by atoms with van der Waals surface area (Å²) in [4.78, 5) is 9.45. The Morgan fingerprint density at radius 1 is 0.969 bits per heavy atom. The fraction of sp³-hybridized carbons (Fsp3) is 0.600. The van der Waals surface area contributed by atoms with Crippen LogP contribution in [0.4, 0.5) is 5.95 Å². The van der Waals surface area contributed by atoms with Crippen molar-refractivity contribution in [1.82, 2.24) is 9.97 Å². The molecule has 7 heteroatoms. The molecule has 2 fully saturated rings. The highest BCUT2D eigenvalue weighted by Crippen LogP contribution is 2.37. The smallest absolute Gasteiger partial charge is 0.226 e. The lowest BCUT2D eigenvalue weighted by Crippen LogP contribution is -2.26. The highest BCUT2D eigenvalue weighted by Gasteiger charge is 2.22. The molecule has 3 aliphatic rings. The molecule has 0 unspecified atom stereocenters. The van der Waals surface area contributed by atoms with Gasteiger partial charge in [0.25, 0.3) is 0 Å². The SMILES string of the molecule is C[C@H]1CC[C@H](Nc2ncc(-c3ccc4c(c3)OCCO4)c(OCC3CCOCC3)n2)CC1. The zero-order chi connectivity index (χ0) is 21.8. The number of hydrogen-bond acceptors (Lipinski definition) is 7. The van der Waals surface area contributed by atoms with Crippen LogP contribution in [0.1, 0.15) is 45.4 Å². The Kier molecular flexibility index (Phi) is 6.62. The van der Waals surface area contributed by atoms with Gasteiger partial charge >= 0.3 is 0 Å². The molecule has 3 heterocycles. The second-order valence-corrected chi connectivity index (χ2v) is 9.24. The zero-order valence-electron chi connectivity index (χ0n) is 18.8. The highest BCUT2D eigenvalue weighted by molar-refractivity contribution is 5.71. The topological polar surface area (TPSA) is 74.7 Å². The summed E-state index contributed by atoms with van der Waals surface area (Å²) in [5.41, 5.74) is 1.84. The van der Waals surface area contributed by atoms with Crippen molar-refractivity contribution in [3.05, 3.63) is 24.4 Å². The van der Waals surface area contributed by atoms with Crippen LogP contribution in [0.25, 0.3) is 11.1 Å². The van der Waals surface area contributed by atoms with Gasteiger partial charge in [-0.25, -0.2) is 4.98 Å². The maximum absolute atomic E-state index is 6.30. The molecule has 1 aliphatic carbocycles. The Balaban J connectivity index is 1.38. The summed E-state index contributed by atoms with van der Waals surface area (Å²) in [6.45, 7) is 5.72. The normalized spacial score (nSPS) is 23.5. The van der Waals surface area contributed by atoms with E-state index in [-0.39, 0.29) is 0 Å². The number of nitrogens with zero attached hydrogens (tertiary/aromatic N) is 2. The summed E-state index contributed by atoms with van der Waals surface area (Å²) in [5, 5.41) is 3.54. The van der Waals surface area contributed by atoms with Gasteiger partial charge in [0.15, 0.2) is 11.5 Å². The van der Waals surface area contributed by atoms with Crippen LogP contribution in [0.5, 0.6) is 17.4 Å². The van der Waals surface area contributed by atoms with E-state index in [1.54, 1.807) is 0 Å². The van der Waals surface area contributed by atoms with E-state index in [4.69, 9.17) is 23.9 Å². The summed E-state index contributed by atoms with van der Waals surface area (Å²) >= 11 is 0. The molecule has 0 spiro atoms. The van der Waals surface area contributed by atoms with E-state index in [2.05, 4.69) is 17.2 Å². The molecule has 1 aromatic heterocycles. The van der Waals surface area contributed by atoms with Gasteiger partial charge in [-0.15, -0.1) is 0 Å². The van der Waals surface area contributed by atoms with Crippen LogP contribution in [0.3, 0.4) is 0 Å². The molecular weight excluding hydrogens is 406 g/mol. The molecule has 2 aromatic rings. The van der Waals surface area contributed by atoms with Gasteiger partial charge in [-0.05, 0) is 68.1 Å². The van der Waals surface area contributed by atoms with Gasteiger partial charge in [0, 0.05) is 25.5 Å². The predicted octanol–water partition coefficient (Wildman–Crippen LogP) is 4.71. The van der Waals surface area contributed by atoms with E-state index < -0.39 is 0 Å². The Hall–Kier alpha value is -2.54. The zero-order valence-corrected chi connectivity index (χ0v) is 18.8. The third kappa shape index (κ3) is 5.09. The Bertz CT molecular complexity index is 908. The number of ether oxygens (including phenoxy) is 4. The third-order valence-corrected chi connectivity index (χ3v) is 6.75. The molecule has 7 nitrogen and oxygen atoms in total. The molecule has 0 radical (unpaired) electrons. The van der Waals surface area contributed by atoms with Crippen LogP contribution in [0.15, 0.2) is 24.4 Å². The fourth-order valence-electron chi connectivity index (χ4n) is 4.65. The van der Waals surface area contributed by atoms with Crippen molar-refractivity contribution < 1.29 is 18.9 Å². The minimum Gasteiger partial charge on any atom is -0.486 e. The lowest BCUT2D eigenvalue weighted by molar-refractivity contribution is 0.0491. The van der Waals surface area contributed by atoms with E-state index >= 15 is 0 Å². The van der Waals surface area contributed by atoms with Crippen molar-refractivity contribution in [3.8, 4) is 28.5 Å². The summed E-state index contributed by atoms with van der Waals surface area (Å²) in [6.07, 6.45) is 8.73. The molecule has 172 valence electrons. The van der Waals surface area contributed by atoms with E-state index in [0.29, 0.717) is 43.6 Å². The molecule has 2 aliphatic heterocycles. The largest absolute Gasteiger partial charge is 0.486 e. The number of fused-ring (bicyclic) bond motifs is 1. The molecular formula is C25H33N3O4. The summed E-state index contributed by atoms with van der Waals surface area (Å²) in [6, 6.07) is 6.38. The molecule has 1 saturated heterocycles. The molecule has 0 amide bonds. The maximum atomic E-state index is 6.30. The average molecular weight is 440 g/mol. The van der Waals surface area contributed by atoms with Crippen LogP contribution in [0.2, 0.25) is 0 Å². The van der Waals surface area contributed by atoms with Crippen molar-refractivity contribution in [2.24, 2.45) is 11.8 Å². The minimum absolute atomic E-state index is 0.426. The molecule has 1 saturated carbocycles. The lowest BCUT2D eigenvalue weighted by Gasteiger charge is -2.27. The fourth-order valence-corrected chi connectivity index (χ4v) is 4.65. The number of hydrogen-bond donors (Lipinski definition) is 1. The molecule has 1 aromatic carbocycles. The lowest BCUT2D eigenvalue weighted by atomic mass is 9.87. The van der Waals surface area contributed by atoms with E-state index in [1.165, 1.54) is 12.8 Å². The third-order valence-electron chi connectivity index (χ3n) is 6.75. The first kappa shape index (κ1) is 21.3. The number of benzene rings is 1. The van der Waals surface area contributed by atoms with Crippen molar-refractivity contribution in [1.29, 1.82) is 0 Å². The van der Waals surface area contributed by atoms with Gasteiger partial charge in [-0.3, -0.25) is 0 Å². The van der Waals surface area contributed by atoms with E-state index in [9.17, 15) is 0 Å². The van der Waals surface area contributed by atoms with Gasteiger partial charge < -0.3 is 24.3 Å². The van der Waals surface area contributed by atoms with Gasteiger partial charge in [0.05, 0.1) is 12.2 Å². The van der Waals surface area contributed by atoms with E-state index in [1.807, 2.05) is 24.4 Å². The van der Waals surface area contributed by atoms with Gasteiger partial charge in [0.1, 0.15) is 13.2 Å². The number of nitrogens with one attached hydrogen (secondary N) is 1. The van der Waals surface area contributed by atoms with Crippen LogP contribution in [-0.2, 0) is 4.74 Å². The van der Waals surface area contributed by atoms with Crippen molar-refractivity contribution in [3.63, 3.8) is 0 Å². The monoisotopic (exact) mass is 439 g/mol. The Morgan fingerprint density at radius 2 is 1.75 bits per heavy atom. The minimum atomic E-state index is 0.426. The van der Waals surface area contributed by atoms with Gasteiger partial charge in [-0.1, -0.05) is 13.0 Å². The second kappa shape index (κ2) is 9.94. The van der Waals surface area contributed by atoms with Crippen molar-refractivity contribution >= 4 is 5.95 Å². The van der Waals surface area contributed by atoms with Crippen LogP contribution in [0, 0.1) is 11.8 Å². The Labute approximate surface area is 189 Å². The average Bonchev–Trinajstić information content (AvgIpc) is 2.85. The number of aromatic nitrogens is 2. The first-order valence-electron chi connectivity index (χ1n) is 12.0. The Morgan fingerprint density at radius 3 is 2.56 bits per heavy atom. The molecule has 0 bridgehead atoms. The number of anilines is 1. The van der Waals surface area contributed by atoms with Crippen molar-refractivity contribution in [2.45, 2.75) is 51.5 Å². The number of rotatable bonds is 6. The first-order chi connectivity index (χ1) is 15.7. The van der Waals surface area contributed by atoms with Crippen LogP contribution in [-0.4, -0.2) is 49.0 Å². The predicted molar refractivity (Wildman–Crippen MR) is 123 cm³/mol. The van der Waals surface area contributed by atoms with Gasteiger partial charge in [-0.2, -0.15) is 4.98 Å². The summed E-state index contributed by atoms with van der Waals surface area (Å²) in [7, 11) is 0. The maximum Gasteiger partial charge on any atom is 0.226 e. The van der Waals surface area contributed by atoms with Gasteiger partial charge in [0.2, 0.25) is 11.8 Å². The molecule has 5 rings (SSSR count). The highest BCUT2D eigenvalue weighted by atomic mass is 16.6. The summed E-state index contributed by atoms with van der Waals surface area (Å²) < 4.78 is 23.2. The van der Waals surface area contributed by atoms with Crippen molar-refractivity contribution in [2.75, 3.05) is 38.4 Å². The standard InChI is InChI=1S/C25H33N3O4/c1-17-2-5-20(6-3-17)27-25-26-15-21(19-4-7-22-23(14-19)31-13-12-30-22)24(28-25)32-16-18-8-10-29-11-9-18/h4,7,14-15,17-18,20H,2-3,5-6,8-13,16H2,1H3,(H,26,27,28)/t17-,20-. The quantitative estimate of drug-likeness (QED) is 0.699. The molecule has 32 heavy (non-hydrogen) atoms. The first-order valence-corrected chi connectivity index (χ1v) is 12.0.